The third kappa shape index (κ3) is 8.35. The van der Waals surface area contributed by atoms with E-state index in [2.05, 4.69) is 5.32 Å². The zero-order valence-electron chi connectivity index (χ0n) is 25.8. The van der Waals surface area contributed by atoms with E-state index in [1.807, 2.05) is 94.4 Å². The molecule has 0 saturated heterocycles. The molecule has 4 aromatic rings. The highest BCUT2D eigenvalue weighted by atomic mass is 32.2. The minimum atomic E-state index is -4.12. The summed E-state index contributed by atoms with van der Waals surface area (Å²) in [6.07, 6.45) is 1.00. The summed E-state index contributed by atoms with van der Waals surface area (Å²) >= 11 is 0. The predicted octanol–water partition coefficient (Wildman–Crippen LogP) is 6.05. The van der Waals surface area contributed by atoms with Crippen LogP contribution in [-0.4, -0.2) is 43.8 Å². The number of hydrogen-bond donors (Lipinski definition) is 1. The number of rotatable bonds is 13. The van der Waals surface area contributed by atoms with Crippen molar-refractivity contribution in [1.82, 2.24) is 10.2 Å². The number of aryl methyl sites for hydroxylation is 2. The molecular formula is C36H41N3O4S. The van der Waals surface area contributed by atoms with Crippen LogP contribution in [0.5, 0.6) is 0 Å². The van der Waals surface area contributed by atoms with Crippen LogP contribution in [0.25, 0.3) is 0 Å². The summed E-state index contributed by atoms with van der Waals surface area (Å²) in [6, 6.07) is 31.5. The molecular weight excluding hydrogens is 570 g/mol. The van der Waals surface area contributed by atoms with Crippen molar-refractivity contribution in [3.8, 4) is 0 Å². The van der Waals surface area contributed by atoms with Crippen LogP contribution in [0.2, 0.25) is 0 Å². The van der Waals surface area contributed by atoms with Crippen LogP contribution in [0.1, 0.15) is 42.5 Å². The quantitative estimate of drug-likeness (QED) is 0.199. The van der Waals surface area contributed by atoms with Gasteiger partial charge in [-0.3, -0.25) is 13.9 Å². The summed E-state index contributed by atoms with van der Waals surface area (Å²) in [5.74, 6) is -0.760. The number of carbonyl (C=O) groups excluding carboxylic acids is 2. The Kier molecular flexibility index (Phi) is 11.0. The molecule has 0 heterocycles. The molecule has 0 saturated carbocycles. The third-order valence-electron chi connectivity index (χ3n) is 7.64. The van der Waals surface area contributed by atoms with Gasteiger partial charge in [0.2, 0.25) is 11.8 Å². The topological polar surface area (TPSA) is 86.8 Å². The Balaban J connectivity index is 1.80. The fraction of sp³-hybridized carbons (Fsp3) is 0.278. The molecule has 230 valence electrons. The van der Waals surface area contributed by atoms with Crippen molar-refractivity contribution in [2.24, 2.45) is 0 Å². The van der Waals surface area contributed by atoms with Gasteiger partial charge in [-0.1, -0.05) is 103 Å². The van der Waals surface area contributed by atoms with Gasteiger partial charge in [0.05, 0.1) is 10.6 Å². The molecule has 0 aliphatic carbocycles. The van der Waals surface area contributed by atoms with E-state index in [4.69, 9.17) is 0 Å². The second-order valence-corrected chi connectivity index (χ2v) is 13.1. The zero-order valence-corrected chi connectivity index (χ0v) is 26.6. The number of anilines is 1. The van der Waals surface area contributed by atoms with Gasteiger partial charge in [-0.05, 0) is 62.6 Å². The molecule has 44 heavy (non-hydrogen) atoms. The van der Waals surface area contributed by atoms with Gasteiger partial charge in [0.15, 0.2) is 0 Å². The molecule has 1 N–H and O–H groups in total. The number of nitrogens with one attached hydrogen (secondary N) is 1. The van der Waals surface area contributed by atoms with E-state index < -0.39 is 28.5 Å². The maximum Gasteiger partial charge on any atom is 0.264 e. The minimum absolute atomic E-state index is 0.0777. The van der Waals surface area contributed by atoms with Crippen LogP contribution in [0.4, 0.5) is 5.69 Å². The van der Waals surface area contributed by atoms with E-state index in [1.165, 1.54) is 17.0 Å². The van der Waals surface area contributed by atoms with Gasteiger partial charge < -0.3 is 10.2 Å². The molecule has 7 nitrogen and oxygen atoms in total. The summed E-state index contributed by atoms with van der Waals surface area (Å²) in [5, 5.41) is 3.07. The smallest absolute Gasteiger partial charge is 0.264 e. The van der Waals surface area contributed by atoms with Crippen molar-refractivity contribution in [2.75, 3.05) is 10.8 Å². The first kappa shape index (κ1) is 32.5. The SMILES string of the molecule is CC[C@H](C)NC(=O)[C@H](Cc1ccccc1)N(Cc1cccc(C)c1)C(=O)CN(c1ccc(C)cc1)S(=O)(=O)c1ccccc1. The maximum atomic E-state index is 14.5. The normalized spacial score (nSPS) is 12.6. The average Bonchev–Trinajstić information content (AvgIpc) is 3.02. The first-order valence-electron chi connectivity index (χ1n) is 14.9. The molecule has 0 unspecified atom stereocenters. The molecule has 0 bridgehead atoms. The number of amides is 2. The molecule has 8 heteroatoms. The van der Waals surface area contributed by atoms with Crippen LogP contribution in [0.15, 0.2) is 114 Å². The number of hydrogen-bond acceptors (Lipinski definition) is 4. The van der Waals surface area contributed by atoms with E-state index in [9.17, 15) is 18.0 Å². The highest BCUT2D eigenvalue weighted by molar-refractivity contribution is 7.92. The van der Waals surface area contributed by atoms with Gasteiger partial charge >= 0.3 is 0 Å². The maximum absolute atomic E-state index is 14.5. The van der Waals surface area contributed by atoms with Crippen LogP contribution >= 0.6 is 0 Å². The Bertz CT molecular complexity index is 1640. The first-order chi connectivity index (χ1) is 21.1. The van der Waals surface area contributed by atoms with Crippen molar-refractivity contribution < 1.29 is 18.0 Å². The second kappa shape index (κ2) is 14.8. The van der Waals surface area contributed by atoms with Crippen molar-refractivity contribution in [2.45, 2.75) is 64.1 Å². The Labute approximate surface area is 261 Å². The monoisotopic (exact) mass is 611 g/mol. The first-order valence-corrected chi connectivity index (χ1v) is 16.4. The van der Waals surface area contributed by atoms with Crippen LogP contribution in [0.3, 0.4) is 0 Å². The lowest BCUT2D eigenvalue weighted by atomic mass is 10.0. The Morgan fingerprint density at radius 1 is 0.773 bits per heavy atom. The summed E-state index contributed by atoms with van der Waals surface area (Å²) in [6.45, 7) is 7.46. The van der Waals surface area contributed by atoms with Crippen molar-refractivity contribution in [3.63, 3.8) is 0 Å². The highest BCUT2D eigenvalue weighted by Crippen LogP contribution is 2.25. The molecule has 0 aliphatic rings. The number of carbonyl (C=O) groups is 2. The number of benzene rings is 4. The van der Waals surface area contributed by atoms with Gasteiger partial charge in [-0.2, -0.15) is 0 Å². The fourth-order valence-corrected chi connectivity index (χ4v) is 6.40. The second-order valence-electron chi connectivity index (χ2n) is 11.2. The predicted molar refractivity (Wildman–Crippen MR) is 176 cm³/mol. The lowest BCUT2D eigenvalue weighted by Crippen LogP contribution is -2.54. The molecule has 0 radical (unpaired) electrons. The van der Waals surface area contributed by atoms with Crippen LogP contribution in [0, 0.1) is 13.8 Å². The van der Waals surface area contributed by atoms with E-state index in [1.54, 1.807) is 30.3 Å². The summed E-state index contributed by atoms with van der Waals surface area (Å²) in [5.41, 5.74) is 4.09. The fourth-order valence-electron chi connectivity index (χ4n) is 4.96. The van der Waals surface area contributed by atoms with Gasteiger partial charge in [-0.15, -0.1) is 0 Å². The average molecular weight is 612 g/mol. The Morgan fingerprint density at radius 3 is 2.00 bits per heavy atom. The lowest BCUT2D eigenvalue weighted by Gasteiger charge is -2.34. The van der Waals surface area contributed by atoms with Gasteiger partial charge in [-0.25, -0.2) is 8.42 Å². The molecule has 2 amide bonds. The van der Waals surface area contributed by atoms with Crippen molar-refractivity contribution >= 4 is 27.5 Å². The minimum Gasteiger partial charge on any atom is -0.352 e. The van der Waals surface area contributed by atoms with E-state index in [-0.39, 0.29) is 29.8 Å². The standard InChI is InChI=1S/C36H41N3O4S/c1-5-29(4)37-36(41)34(24-30-14-8-6-9-15-30)38(25-31-16-12-13-28(3)23-31)35(40)26-39(32-21-19-27(2)20-22-32)44(42,43)33-17-10-7-11-18-33/h6-23,29,34H,5,24-26H2,1-4H3,(H,37,41)/t29-,34-/m0/s1. The zero-order chi connectivity index (χ0) is 31.7. The van der Waals surface area contributed by atoms with Crippen molar-refractivity contribution in [3.05, 3.63) is 131 Å². The molecule has 4 rings (SSSR count). The molecule has 0 aromatic heterocycles. The van der Waals surface area contributed by atoms with E-state index in [0.717, 1.165) is 33.0 Å². The molecule has 2 atom stereocenters. The van der Waals surface area contributed by atoms with Gasteiger partial charge in [0, 0.05) is 19.0 Å². The van der Waals surface area contributed by atoms with E-state index >= 15 is 0 Å². The molecule has 0 spiro atoms. The number of sulfonamides is 1. The Morgan fingerprint density at radius 2 is 1.39 bits per heavy atom. The Hall–Kier alpha value is -4.43. The third-order valence-corrected chi connectivity index (χ3v) is 9.43. The van der Waals surface area contributed by atoms with Crippen molar-refractivity contribution in [1.29, 1.82) is 0 Å². The molecule has 0 aliphatic heterocycles. The largest absolute Gasteiger partial charge is 0.352 e. The van der Waals surface area contributed by atoms with Gasteiger partial charge in [0.1, 0.15) is 12.6 Å². The van der Waals surface area contributed by atoms with Gasteiger partial charge in [0.25, 0.3) is 10.0 Å². The summed E-state index contributed by atoms with van der Waals surface area (Å²) in [4.78, 5) is 30.0. The van der Waals surface area contributed by atoms with Crippen LogP contribution in [-0.2, 0) is 32.6 Å². The molecule has 4 aromatic carbocycles. The summed E-state index contributed by atoms with van der Waals surface area (Å²) in [7, 11) is -4.12. The van der Waals surface area contributed by atoms with E-state index in [0.29, 0.717) is 5.69 Å². The summed E-state index contributed by atoms with van der Waals surface area (Å²) < 4.78 is 29.2. The highest BCUT2D eigenvalue weighted by Gasteiger charge is 2.35. The molecule has 0 fully saturated rings. The number of nitrogens with zero attached hydrogens (tertiary/aromatic N) is 2. The van der Waals surface area contributed by atoms with Crippen LogP contribution < -0.4 is 9.62 Å². The lowest BCUT2D eigenvalue weighted by molar-refractivity contribution is -0.140.